The van der Waals surface area contributed by atoms with Gasteiger partial charge in [0.05, 0.1) is 10.6 Å². The van der Waals surface area contributed by atoms with E-state index in [1.165, 1.54) is 17.4 Å². The summed E-state index contributed by atoms with van der Waals surface area (Å²) in [5.41, 5.74) is 2.19. The smallest absolute Gasteiger partial charge is 0.255 e. The Kier molecular flexibility index (Phi) is 4.39. The Morgan fingerprint density at radius 2 is 1.83 bits per heavy atom. The molecule has 0 amide bonds. The molecule has 0 fully saturated rings. The van der Waals surface area contributed by atoms with E-state index in [2.05, 4.69) is 9.71 Å². The molecular formula is C16H13ClN2O2S2. The van der Waals surface area contributed by atoms with E-state index in [0.717, 1.165) is 11.3 Å². The number of halogens is 1. The van der Waals surface area contributed by atoms with Crippen LogP contribution in [0.15, 0.2) is 58.8 Å². The average Bonchev–Trinajstić information content (AvgIpc) is 2.98. The number of aromatic nitrogens is 1. The van der Waals surface area contributed by atoms with Crippen molar-refractivity contribution in [2.75, 3.05) is 4.72 Å². The van der Waals surface area contributed by atoms with Crippen molar-refractivity contribution in [1.82, 2.24) is 4.98 Å². The zero-order valence-corrected chi connectivity index (χ0v) is 14.5. The summed E-state index contributed by atoms with van der Waals surface area (Å²) in [4.78, 5) is 4.49. The van der Waals surface area contributed by atoms with E-state index in [0.29, 0.717) is 15.7 Å². The number of sulfonamides is 1. The summed E-state index contributed by atoms with van der Waals surface area (Å²) in [5, 5.41) is 2.55. The first-order valence-corrected chi connectivity index (χ1v) is 9.50. The Balaban J connectivity index is 1.90. The first-order valence-electron chi connectivity index (χ1n) is 6.76. The molecule has 0 aliphatic rings. The minimum absolute atomic E-state index is 0.154. The van der Waals surface area contributed by atoms with Crippen LogP contribution in [0.2, 0.25) is 5.02 Å². The van der Waals surface area contributed by atoms with Crippen molar-refractivity contribution < 1.29 is 8.42 Å². The third-order valence-electron chi connectivity index (χ3n) is 3.30. The fourth-order valence-electron chi connectivity index (χ4n) is 2.11. The van der Waals surface area contributed by atoms with Crippen LogP contribution < -0.4 is 4.72 Å². The minimum atomic E-state index is -3.72. The van der Waals surface area contributed by atoms with Crippen molar-refractivity contribution in [3.8, 4) is 11.3 Å². The molecule has 0 saturated heterocycles. The number of nitrogens with one attached hydrogen (secondary N) is 1. The molecule has 2 aromatic carbocycles. The Bertz CT molecular complexity index is 938. The van der Waals surface area contributed by atoms with Crippen molar-refractivity contribution >= 4 is 38.1 Å². The SMILES string of the molecule is Cc1c(Cl)cccc1S(=O)(=O)Nc1nc(-c2ccccc2)cs1. The third kappa shape index (κ3) is 3.39. The molecular weight excluding hydrogens is 352 g/mol. The molecule has 0 spiro atoms. The molecule has 3 rings (SSSR count). The lowest BCUT2D eigenvalue weighted by atomic mass is 10.2. The summed E-state index contributed by atoms with van der Waals surface area (Å²) in [6.07, 6.45) is 0. The number of anilines is 1. The van der Waals surface area contributed by atoms with Gasteiger partial charge in [0.15, 0.2) is 5.13 Å². The Morgan fingerprint density at radius 3 is 2.57 bits per heavy atom. The fraction of sp³-hybridized carbons (Fsp3) is 0.0625. The highest BCUT2D eigenvalue weighted by Gasteiger charge is 2.19. The molecule has 0 aliphatic heterocycles. The van der Waals surface area contributed by atoms with Gasteiger partial charge in [-0.2, -0.15) is 0 Å². The molecule has 1 heterocycles. The number of benzene rings is 2. The molecule has 118 valence electrons. The summed E-state index contributed by atoms with van der Waals surface area (Å²) in [5.74, 6) is 0. The van der Waals surface area contributed by atoms with Gasteiger partial charge in [-0.05, 0) is 24.6 Å². The van der Waals surface area contributed by atoms with E-state index in [4.69, 9.17) is 11.6 Å². The molecule has 0 bridgehead atoms. The molecule has 23 heavy (non-hydrogen) atoms. The largest absolute Gasteiger partial charge is 0.263 e. The van der Waals surface area contributed by atoms with Crippen LogP contribution in [0.3, 0.4) is 0 Å². The van der Waals surface area contributed by atoms with Gasteiger partial charge in [0, 0.05) is 16.0 Å². The first-order chi connectivity index (χ1) is 11.0. The molecule has 1 aromatic heterocycles. The molecule has 4 nitrogen and oxygen atoms in total. The zero-order valence-electron chi connectivity index (χ0n) is 12.2. The van der Waals surface area contributed by atoms with E-state index in [1.807, 2.05) is 35.7 Å². The van der Waals surface area contributed by atoms with Crippen molar-refractivity contribution in [1.29, 1.82) is 0 Å². The van der Waals surface area contributed by atoms with Crippen molar-refractivity contribution in [2.45, 2.75) is 11.8 Å². The lowest BCUT2D eigenvalue weighted by Crippen LogP contribution is -2.14. The van der Waals surface area contributed by atoms with E-state index in [9.17, 15) is 8.42 Å². The van der Waals surface area contributed by atoms with Crippen LogP contribution in [0.25, 0.3) is 11.3 Å². The van der Waals surface area contributed by atoms with E-state index in [1.54, 1.807) is 19.1 Å². The highest BCUT2D eigenvalue weighted by atomic mass is 35.5. The second-order valence-corrected chi connectivity index (χ2v) is 7.79. The van der Waals surface area contributed by atoms with Crippen molar-refractivity contribution in [3.05, 3.63) is 64.5 Å². The summed E-state index contributed by atoms with van der Waals surface area (Å²) in [7, 11) is -3.72. The summed E-state index contributed by atoms with van der Waals surface area (Å²) in [6.45, 7) is 1.67. The summed E-state index contributed by atoms with van der Waals surface area (Å²) in [6, 6.07) is 14.4. The van der Waals surface area contributed by atoms with Crippen LogP contribution in [0.4, 0.5) is 5.13 Å². The number of hydrogen-bond acceptors (Lipinski definition) is 4. The second kappa shape index (κ2) is 6.31. The van der Waals surface area contributed by atoms with Crippen molar-refractivity contribution in [2.24, 2.45) is 0 Å². The lowest BCUT2D eigenvalue weighted by molar-refractivity contribution is 0.600. The average molecular weight is 365 g/mol. The summed E-state index contributed by atoms with van der Waals surface area (Å²) >= 11 is 7.24. The van der Waals surface area contributed by atoms with Gasteiger partial charge >= 0.3 is 0 Å². The molecule has 7 heteroatoms. The molecule has 0 radical (unpaired) electrons. The lowest BCUT2D eigenvalue weighted by Gasteiger charge is -2.09. The minimum Gasteiger partial charge on any atom is -0.255 e. The van der Waals surface area contributed by atoms with E-state index in [-0.39, 0.29) is 4.90 Å². The van der Waals surface area contributed by atoms with Crippen LogP contribution in [0, 0.1) is 6.92 Å². The van der Waals surface area contributed by atoms with Crippen LogP contribution in [0.1, 0.15) is 5.56 Å². The Labute approximate surface area is 143 Å². The normalized spacial score (nSPS) is 11.4. The number of nitrogens with zero attached hydrogens (tertiary/aromatic N) is 1. The fourth-order valence-corrected chi connectivity index (χ4v) is 4.58. The van der Waals surface area contributed by atoms with E-state index >= 15 is 0 Å². The molecule has 1 N–H and O–H groups in total. The maximum Gasteiger partial charge on any atom is 0.263 e. The maximum absolute atomic E-state index is 12.5. The first kappa shape index (κ1) is 16.0. The van der Waals surface area contributed by atoms with Gasteiger partial charge < -0.3 is 0 Å². The topological polar surface area (TPSA) is 59.1 Å². The highest BCUT2D eigenvalue weighted by molar-refractivity contribution is 7.93. The molecule has 0 atom stereocenters. The van der Waals surface area contributed by atoms with Gasteiger partial charge in [0.25, 0.3) is 10.0 Å². The van der Waals surface area contributed by atoms with Gasteiger partial charge in [0.1, 0.15) is 0 Å². The van der Waals surface area contributed by atoms with Crippen LogP contribution >= 0.6 is 22.9 Å². The summed E-state index contributed by atoms with van der Waals surface area (Å²) < 4.78 is 27.5. The monoisotopic (exact) mass is 364 g/mol. The van der Waals surface area contributed by atoms with Crippen LogP contribution in [-0.4, -0.2) is 13.4 Å². The standard InChI is InChI=1S/C16H13ClN2O2S2/c1-11-13(17)8-5-9-15(11)23(20,21)19-16-18-14(10-22-16)12-6-3-2-4-7-12/h2-10H,1H3,(H,18,19). The molecule has 0 unspecified atom stereocenters. The van der Waals surface area contributed by atoms with Crippen LogP contribution in [0.5, 0.6) is 0 Å². The van der Waals surface area contributed by atoms with Gasteiger partial charge in [0.2, 0.25) is 0 Å². The number of rotatable bonds is 4. The third-order valence-corrected chi connectivity index (χ3v) is 6.08. The van der Waals surface area contributed by atoms with Gasteiger partial charge in [-0.25, -0.2) is 13.4 Å². The highest BCUT2D eigenvalue weighted by Crippen LogP contribution is 2.28. The molecule has 0 aliphatic carbocycles. The quantitative estimate of drug-likeness (QED) is 0.737. The Hall–Kier alpha value is -1.89. The zero-order chi connectivity index (χ0) is 16.4. The van der Waals surface area contributed by atoms with Gasteiger partial charge in [-0.1, -0.05) is 48.0 Å². The molecule has 0 saturated carbocycles. The number of hydrogen-bond donors (Lipinski definition) is 1. The molecule has 3 aromatic rings. The number of thiazole rings is 1. The maximum atomic E-state index is 12.5. The predicted octanol–water partition coefficient (Wildman–Crippen LogP) is 4.57. The van der Waals surface area contributed by atoms with Crippen molar-refractivity contribution in [3.63, 3.8) is 0 Å². The van der Waals surface area contributed by atoms with Gasteiger partial charge in [-0.3, -0.25) is 4.72 Å². The second-order valence-electron chi connectivity index (χ2n) is 4.87. The predicted molar refractivity (Wildman–Crippen MR) is 94.5 cm³/mol. The van der Waals surface area contributed by atoms with Gasteiger partial charge in [-0.15, -0.1) is 11.3 Å². The van der Waals surface area contributed by atoms with Crippen LogP contribution in [-0.2, 0) is 10.0 Å². The van der Waals surface area contributed by atoms with E-state index < -0.39 is 10.0 Å². The Morgan fingerprint density at radius 1 is 1.09 bits per heavy atom.